The first-order chi connectivity index (χ1) is 10.7. The summed E-state index contributed by atoms with van der Waals surface area (Å²) in [6, 6.07) is 3.61. The Morgan fingerprint density at radius 3 is 2.61 bits per heavy atom. The van der Waals surface area contributed by atoms with E-state index in [0.717, 1.165) is 10.9 Å². The molecular formula is C17H21NO5. The molecular weight excluding hydrogens is 298 g/mol. The van der Waals surface area contributed by atoms with Gasteiger partial charge in [-0.05, 0) is 39.3 Å². The van der Waals surface area contributed by atoms with Crippen LogP contribution < -0.4 is 9.47 Å². The number of nitrogens with zero attached hydrogens (tertiary/aromatic N) is 1. The number of hydrogen-bond acceptors (Lipinski definition) is 5. The molecule has 23 heavy (non-hydrogen) atoms. The highest BCUT2D eigenvalue weighted by molar-refractivity contribution is 5.94. The fourth-order valence-corrected chi connectivity index (χ4v) is 2.63. The van der Waals surface area contributed by atoms with Gasteiger partial charge in [-0.15, -0.1) is 0 Å². The third-order valence-electron chi connectivity index (χ3n) is 3.49. The quantitative estimate of drug-likeness (QED) is 0.921. The van der Waals surface area contributed by atoms with Crippen LogP contribution in [-0.2, 0) is 11.2 Å². The van der Waals surface area contributed by atoms with Gasteiger partial charge >= 0.3 is 6.09 Å². The smallest absolute Gasteiger partial charge is 0.419 e. The first kappa shape index (κ1) is 15.7. The molecule has 0 bridgehead atoms. The monoisotopic (exact) mass is 319 g/mol. The number of rotatable bonds is 2. The van der Waals surface area contributed by atoms with Gasteiger partial charge in [-0.3, -0.25) is 4.57 Å². The Labute approximate surface area is 134 Å². The Hall–Kier alpha value is -2.21. The van der Waals surface area contributed by atoms with Crippen LogP contribution in [0.15, 0.2) is 18.3 Å². The van der Waals surface area contributed by atoms with Crippen LogP contribution in [0, 0.1) is 0 Å². The van der Waals surface area contributed by atoms with E-state index < -0.39 is 17.8 Å². The van der Waals surface area contributed by atoms with E-state index in [2.05, 4.69) is 0 Å². The topological polar surface area (TPSA) is 69.9 Å². The number of benzene rings is 1. The van der Waals surface area contributed by atoms with Crippen molar-refractivity contribution >= 4 is 17.0 Å². The molecule has 0 saturated carbocycles. The lowest BCUT2D eigenvalue weighted by Gasteiger charge is -2.19. The van der Waals surface area contributed by atoms with Crippen molar-refractivity contribution in [1.29, 1.82) is 0 Å². The van der Waals surface area contributed by atoms with Gasteiger partial charge in [0.1, 0.15) is 5.60 Å². The lowest BCUT2D eigenvalue weighted by atomic mass is 10.1. The highest BCUT2D eigenvalue weighted by atomic mass is 16.7. The van der Waals surface area contributed by atoms with Crippen molar-refractivity contribution in [3.05, 3.63) is 23.9 Å². The van der Waals surface area contributed by atoms with E-state index in [1.807, 2.05) is 26.8 Å². The molecule has 6 heteroatoms. The van der Waals surface area contributed by atoms with Gasteiger partial charge in [0.15, 0.2) is 11.5 Å². The summed E-state index contributed by atoms with van der Waals surface area (Å²) >= 11 is 0. The Morgan fingerprint density at radius 2 is 2.00 bits per heavy atom. The van der Waals surface area contributed by atoms with Gasteiger partial charge in [0, 0.05) is 24.1 Å². The number of fused-ring (bicyclic) bond motifs is 2. The molecule has 124 valence electrons. The molecule has 1 aliphatic rings. The molecule has 0 unspecified atom stereocenters. The summed E-state index contributed by atoms with van der Waals surface area (Å²) in [7, 11) is 0. The lowest BCUT2D eigenvalue weighted by Crippen LogP contribution is -2.26. The zero-order chi connectivity index (χ0) is 16.8. The third-order valence-corrected chi connectivity index (χ3v) is 3.49. The van der Waals surface area contributed by atoms with Crippen LogP contribution in [0.4, 0.5) is 4.79 Å². The molecule has 1 aromatic carbocycles. The summed E-state index contributed by atoms with van der Waals surface area (Å²) in [4.78, 5) is 12.5. The van der Waals surface area contributed by atoms with Crippen LogP contribution in [0.25, 0.3) is 10.9 Å². The molecule has 1 aliphatic heterocycles. The van der Waals surface area contributed by atoms with Crippen molar-refractivity contribution in [2.75, 3.05) is 6.79 Å². The normalized spacial score (nSPS) is 15.0. The van der Waals surface area contributed by atoms with E-state index in [0.29, 0.717) is 23.4 Å². The van der Waals surface area contributed by atoms with Crippen molar-refractivity contribution in [2.24, 2.45) is 0 Å². The van der Waals surface area contributed by atoms with Crippen LogP contribution in [0.1, 0.15) is 33.3 Å². The van der Waals surface area contributed by atoms with E-state index in [1.165, 1.54) is 4.57 Å². The van der Waals surface area contributed by atoms with Crippen molar-refractivity contribution in [2.45, 2.75) is 45.8 Å². The number of aliphatic hydroxyl groups is 1. The molecule has 0 fully saturated rings. The Morgan fingerprint density at radius 1 is 1.35 bits per heavy atom. The number of hydrogen-bond donors (Lipinski definition) is 1. The molecule has 6 nitrogen and oxygen atoms in total. The minimum Gasteiger partial charge on any atom is -0.454 e. The van der Waals surface area contributed by atoms with Gasteiger partial charge in [-0.1, -0.05) is 0 Å². The average Bonchev–Trinajstić information content (AvgIpc) is 2.98. The number of carbonyl (C=O) groups excluding carboxylic acids is 1. The Bertz CT molecular complexity index is 754. The molecule has 1 aromatic heterocycles. The molecule has 2 heterocycles. The largest absolute Gasteiger partial charge is 0.454 e. The maximum atomic E-state index is 12.5. The Kier molecular flexibility index (Phi) is 3.72. The van der Waals surface area contributed by atoms with Crippen LogP contribution in [0.3, 0.4) is 0 Å². The molecule has 0 amide bonds. The predicted molar refractivity (Wildman–Crippen MR) is 85.1 cm³/mol. The second-order valence-corrected chi connectivity index (χ2v) is 6.78. The number of carbonyl (C=O) groups is 1. The summed E-state index contributed by atoms with van der Waals surface area (Å²) in [5, 5.41) is 10.6. The highest BCUT2D eigenvalue weighted by Crippen LogP contribution is 2.38. The van der Waals surface area contributed by atoms with Gasteiger partial charge in [-0.2, -0.15) is 0 Å². The third kappa shape index (κ3) is 3.12. The van der Waals surface area contributed by atoms with Gasteiger partial charge in [0.05, 0.1) is 11.6 Å². The summed E-state index contributed by atoms with van der Waals surface area (Å²) in [5.74, 6) is 1.25. The highest BCUT2D eigenvalue weighted by Gasteiger charge is 2.24. The average molecular weight is 319 g/mol. The van der Waals surface area contributed by atoms with Gasteiger partial charge in [0.25, 0.3) is 0 Å². The SMILES string of the molecule is C[C@H](O)Cc1cn(C(=O)OC(C)(C)C)c2cc3c(cc12)OCO3. The molecule has 2 aromatic rings. The lowest BCUT2D eigenvalue weighted by molar-refractivity contribution is 0.0544. The number of ether oxygens (including phenoxy) is 3. The molecule has 0 saturated heterocycles. The van der Waals surface area contributed by atoms with Crippen LogP contribution in [-0.4, -0.2) is 34.3 Å². The minimum absolute atomic E-state index is 0.167. The minimum atomic E-state index is -0.589. The van der Waals surface area contributed by atoms with Crippen molar-refractivity contribution in [3.63, 3.8) is 0 Å². The maximum absolute atomic E-state index is 12.5. The molecule has 3 rings (SSSR count). The van der Waals surface area contributed by atoms with Gasteiger partial charge in [0.2, 0.25) is 6.79 Å². The van der Waals surface area contributed by atoms with E-state index in [1.54, 1.807) is 19.2 Å². The van der Waals surface area contributed by atoms with Crippen molar-refractivity contribution in [1.82, 2.24) is 4.57 Å². The van der Waals surface area contributed by atoms with Crippen molar-refractivity contribution < 1.29 is 24.1 Å². The second-order valence-electron chi connectivity index (χ2n) is 6.78. The summed E-state index contributed by atoms with van der Waals surface area (Å²) in [6.45, 7) is 7.34. The van der Waals surface area contributed by atoms with E-state index >= 15 is 0 Å². The number of aliphatic hydroxyl groups excluding tert-OH is 1. The first-order valence-corrected chi connectivity index (χ1v) is 7.59. The predicted octanol–water partition coefficient (Wildman–Crippen LogP) is 3.08. The van der Waals surface area contributed by atoms with E-state index in [-0.39, 0.29) is 6.79 Å². The molecule has 0 radical (unpaired) electrons. The summed E-state index contributed by atoms with van der Waals surface area (Å²) < 4.78 is 17.7. The summed E-state index contributed by atoms with van der Waals surface area (Å²) in [5.41, 5.74) is 0.951. The van der Waals surface area contributed by atoms with Gasteiger partial charge in [-0.25, -0.2) is 4.79 Å². The molecule has 1 N–H and O–H groups in total. The van der Waals surface area contributed by atoms with Crippen LogP contribution >= 0.6 is 0 Å². The van der Waals surface area contributed by atoms with Crippen molar-refractivity contribution in [3.8, 4) is 11.5 Å². The maximum Gasteiger partial charge on any atom is 0.419 e. The van der Waals surface area contributed by atoms with E-state index in [4.69, 9.17) is 14.2 Å². The summed E-state index contributed by atoms with van der Waals surface area (Å²) in [6.07, 6.45) is 1.17. The molecule has 0 spiro atoms. The van der Waals surface area contributed by atoms with Gasteiger partial charge < -0.3 is 19.3 Å². The van der Waals surface area contributed by atoms with Crippen LogP contribution in [0.5, 0.6) is 11.5 Å². The fraction of sp³-hybridized carbons (Fsp3) is 0.471. The fourth-order valence-electron chi connectivity index (χ4n) is 2.63. The molecule has 1 atom stereocenters. The zero-order valence-electron chi connectivity index (χ0n) is 13.8. The first-order valence-electron chi connectivity index (χ1n) is 7.59. The number of aromatic nitrogens is 1. The standard InChI is InChI=1S/C17H21NO5/c1-10(19)5-11-8-18(16(20)23-17(2,3)4)13-7-15-14(6-12(11)13)21-9-22-15/h6-8,10,19H,5,9H2,1-4H3/t10-/m0/s1. The zero-order valence-corrected chi connectivity index (χ0v) is 13.8. The van der Waals surface area contributed by atoms with Crippen LogP contribution in [0.2, 0.25) is 0 Å². The van der Waals surface area contributed by atoms with E-state index in [9.17, 15) is 9.90 Å². The Balaban J connectivity index is 2.11. The second kappa shape index (κ2) is 5.45. The molecule has 0 aliphatic carbocycles.